The molecule has 2 aliphatic rings. The fraction of sp³-hybridized carbons (Fsp3) is 0.800. The van der Waals surface area contributed by atoms with E-state index in [1.807, 2.05) is 6.92 Å². The highest BCUT2D eigenvalue weighted by molar-refractivity contribution is 7.90. The number of halogens is 3. The normalized spacial score (nSPS) is 20.1. The molecule has 0 bridgehead atoms. The van der Waals surface area contributed by atoms with Gasteiger partial charge >= 0.3 is 21.6 Å². The molecule has 0 atom stereocenters. The molecular weight excluding hydrogens is 417 g/mol. The number of guanidine groups is 1. The first kappa shape index (κ1) is 23.2. The van der Waals surface area contributed by atoms with Gasteiger partial charge in [-0.3, -0.25) is 14.7 Å². The van der Waals surface area contributed by atoms with E-state index in [9.17, 15) is 31.2 Å². The van der Waals surface area contributed by atoms with Crippen LogP contribution in [0, 0.1) is 5.92 Å². The van der Waals surface area contributed by atoms with E-state index in [1.165, 1.54) is 0 Å². The van der Waals surface area contributed by atoms with Crippen LogP contribution in [-0.4, -0.2) is 86.8 Å². The number of nitrogens with zero attached hydrogens (tertiary/aromatic N) is 3. The smallest absolute Gasteiger partial charge is 0.357 e. The van der Waals surface area contributed by atoms with Crippen molar-refractivity contribution in [3.63, 3.8) is 0 Å². The molecular formula is C15H25F3N6O4S. The Balaban J connectivity index is 1.81. The quantitative estimate of drug-likeness (QED) is 0.282. The Morgan fingerprint density at radius 2 is 1.90 bits per heavy atom. The minimum Gasteiger partial charge on any atom is -0.357 e. The van der Waals surface area contributed by atoms with Gasteiger partial charge < -0.3 is 16.0 Å². The molecule has 3 N–H and O–H groups in total. The second-order valence-corrected chi connectivity index (χ2v) is 8.57. The Morgan fingerprint density at radius 1 is 1.24 bits per heavy atom. The van der Waals surface area contributed by atoms with Crippen molar-refractivity contribution in [1.82, 2.24) is 25.2 Å². The van der Waals surface area contributed by atoms with Gasteiger partial charge in [0.2, 0.25) is 5.91 Å². The molecule has 10 nitrogen and oxygen atoms in total. The summed E-state index contributed by atoms with van der Waals surface area (Å²) >= 11 is 0. The molecule has 2 fully saturated rings. The van der Waals surface area contributed by atoms with E-state index in [0.717, 1.165) is 4.90 Å². The van der Waals surface area contributed by atoms with Crippen molar-refractivity contribution < 1.29 is 31.2 Å². The Morgan fingerprint density at radius 3 is 2.41 bits per heavy atom. The van der Waals surface area contributed by atoms with E-state index >= 15 is 0 Å². The molecule has 166 valence electrons. The lowest BCUT2D eigenvalue weighted by molar-refractivity contribution is -0.124. The molecule has 0 aliphatic carbocycles. The SMILES string of the molecule is CCNC(=NCC1CCN(S(=O)(=O)C(F)(F)F)CC1)NCCN1C(=O)CNC1=O. The van der Waals surface area contributed by atoms with E-state index in [0.29, 0.717) is 23.4 Å². The number of hydrogen-bond donors (Lipinski definition) is 3. The van der Waals surface area contributed by atoms with Crippen molar-refractivity contribution in [3.8, 4) is 0 Å². The van der Waals surface area contributed by atoms with Gasteiger partial charge in [0.15, 0.2) is 5.96 Å². The van der Waals surface area contributed by atoms with Crippen LogP contribution in [0.2, 0.25) is 0 Å². The Labute approximate surface area is 166 Å². The summed E-state index contributed by atoms with van der Waals surface area (Å²) in [5.41, 5.74) is -5.28. The summed E-state index contributed by atoms with van der Waals surface area (Å²) in [6.45, 7) is 2.78. The summed E-state index contributed by atoms with van der Waals surface area (Å²) in [5, 5.41) is 8.41. The van der Waals surface area contributed by atoms with E-state index < -0.39 is 21.6 Å². The number of urea groups is 1. The number of carbonyl (C=O) groups excluding carboxylic acids is 2. The third-order valence-corrected chi connectivity index (χ3v) is 6.25. The van der Waals surface area contributed by atoms with Crippen LogP contribution in [-0.2, 0) is 14.8 Å². The van der Waals surface area contributed by atoms with Crippen molar-refractivity contribution >= 4 is 27.9 Å². The van der Waals surface area contributed by atoms with Crippen LogP contribution >= 0.6 is 0 Å². The molecule has 2 saturated heterocycles. The Hall–Kier alpha value is -2.09. The average Bonchev–Trinajstić information content (AvgIpc) is 2.97. The highest BCUT2D eigenvalue weighted by Crippen LogP contribution is 2.30. The zero-order valence-corrected chi connectivity index (χ0v) is 16.8. The van der Waals surface area contributed by atoms with Gasteiger partial charge in [0.25, 0.3) is 0 Å². The standard InChI is InChI=1S/C15H25F3N6O4S/c1-2-19-13(20-5-8-24-12(25)10-22-14(24)26)21-9-11-3-6-23(7-4-11)29(27,28)15(16,17)18/h11H,2-10H2,1H3,(H,22,26)(H2,19,20,21). The molecule has 0 aromatic heterocycles. The maximum absolute atomic E-state index is 12.6. The molecule has 0 spiro atoms. The number of nitrogens with one attached hydrogen (secondary N) is 3. The van der Waals surface area contributed by atoms with Gasteiger partial charge in [-0.25, -0.2) is 13.2 Å². The third-order valence-electron chi connectivity index (χ3n) is 4.62. The number of rotatable bonds is 7. The molecule has 2 rings (SSSR count). The van der Waals surface area contributed by atoms with Crippen LogP contribution in [0.1, 0.15) is 19.8 Å². The number of sulfonamides is 1. The maximum atomic E-state index is 12.6. The zero-order chi connectivity index (χ0) is 21.7. The van der Waals surface area contributed by atoms with Crippen LogP contribution in [0.4, 0.5) is 18.0 Å². The predicted molar refractivity (Wildman–Crippen MR) is 98.4 cm³/mol. The van der Waals surface area contributed by atoms with Gasteiger partial charge in [-0.15, -0.1) is 0 Å². The molecule has 0 unspecified atom stereocenters. The third kappa shape index (κ3) is 5.95. The summed E-state index contributed by atoms with van der Waals surface area (Å²) in [6.07, 6.45) is 0.557. The lowest BCUT2D eigenvalue weighted by atomic mass is 9.98. The van der Waals surface area contributed by atoms with Crippen molar-refractivity contribution in [1.29, 1.82) is 0 Å². The lowest BCUT2D eigenvalue weighted by Crippen LogP contribution is -2.45. The van der Waals surface area contributed by atoms with Crippen LogP contribution in [0.25, 0.3) is 0 Å². The Bertz CT molecular complexity index is 719. The highest BCUT2D eigenvalue weighted by Gasteiger charge is 2.50. The van der Waals surface area contributed by atoms with Gasteiger partial charge in [0.05, 0.1) is 6.54 Å². The monoisotopic (exact) mass is 442 g/mol. The topological polar surface area (TPSA) is 123 Å². The van der Waals surface area contributed by atoms with Crippen molar-refractivity contribution in [2.45, 2.75) is 25.3 Å². The highest BCUT2D eigenvalue weighted by atomic mass is 32.2. The van der Waals surface area contributed by atoms with Gasteiger partial charge in [-0.1, -0.05) is 0 Å². The largest absolute Gasteiger partial charge is 0.511 e. The van der Waals surface area contributed by atoms with Gasteiger partial charge in [0, 0.05) is 39.3 Å². The fourth-order valence-corrected chi connectivity index (χ4v) is 3.99. The van der Waals surface area contributed by atoms with Crippen LogP contribution < -0.4 is 16.0 Å². The lowest BCUT2D eigenvalue weighted by Gasteiger charge is -2.30. The summed E-state index contributed by atoms with van der Waals surface area (Å²) in [5.74, 6) is 0.0975. The van der Waals surface area contributed by atoms with E-state index in [1.54, 1.807) is 0 Å². The first-order chi connectivity index (χ1) is 13.6. The van der Waals surface area contributed by atoms with Crippen LogP contribution in [0.5, 0.6) is 0 Å². The molecule has 0 radical (unpaired) electrons. The number of aliphatic imine (C=N–C) groups is 1. The van der Waals surface area contributed by atoms with Crippen LogP contribution in [0.15, 0.2) is 4.99 Å². The van der Waals surface area contributed by atoms with Crippen molar-refractivity contribution in [2.24, 2.45) is 10.9 Å². The molecule has 14 heteroatoms. The molecule has 29 heavy (non-hydrogen) atoms. The summed E-state index contributed by atoms with van der Waals surface area (Å²) in [7, 11) is -5.28. The van der Waals surface area contributed by atoms with Crippen LogP contribution in [0.3, 0.4) is 0 Å². The van der Waals surface area contributed by atoms with E-state index in [-0.39, 0.29) is 57.4 Å². The molecule has 0 aromatic rings. The Kier molecular flexibility index (Phi) is 7.68. The van der Waals surface area contributed by atoms with Crippen molar-refractivity contribution in [2.75, 3.05) is 45.8 Å². The molecule has 0 aromatic carbocycles. The summed E-state index contributed by atoms with van der Waals surface area (Å²) in [6, 6.07) is -0.445. The average molecular weight is 442 g/mol. The zero-order valence-electron chi connectivity index (χ0n) is 16.0. The first-order valence-electron chi connectivity index (χ1n) is 9.23. The first-order valence-corrected chi connectivity index (χ1v) is 10.7. The molecule has 3 amide bonds. The van der Waals surface area contributed by atoms with Gasteiger partial charge in [0.1, 0.15) is 0 Å². The number of carbonyl (C=O) groups is 2. The molecule has 0 saturated carbocycles. The van der Waals surface area contributed by atoms with E-state index in [4.69, 9.17) is 0 Å². The van der Waals surface area contributed by atoms with E-state index in [2.05, 4.69) is 20.9 Å². The van der Waals surface area contributed by atoms with Gasteiger partial charge in [-0.05, 0) is 25.7 Å². The van der Waals surface area contributed by atoms with Gasteiger partial charge in [-0.2, -0.15) is 17.5 Å². The second-order valence-electron chi connectivity index (χ2n) is 6.64. The minimum absolute atomic E-state index is 0.0181. The molecule has 2 heterocycles. The minimum atomic E-state index is -5.28. The number of piperidine rings is 1. The predicted octanol–water partition coefficient (Wildman–Crippen LogP) is -0.345. The summed E-state index contributed by atoms with van der Waals surface area (Å²) in [4.78, 5) is 28.5. The molecule has 2 aliphatic heterocycles. The fourth-order valence-electron chi connectivity index (χ4n) is 3.01. The maximum Gasteiger partial charge on any atom is 0.511 e. The number of amides is 3. The summed E-state index contributed by atoms with van der Waals surface area (Å²) < 4.78 is 61.2. The second kappa shape index (κ2) is 9.61. The number of alkyl halides is 3. The van der Waals surface area contributed by atoms with Crippen molar-refractivity contribution in [3.05, 3.63) is 0 Å². The number of hydrogen-bond acceptors (Lipinski definition) is 5. The number of imide groups is 1.